The molecule has 0 saturated carbocycles. The first-order chi connectivity index (χ1) is 4.15. The Morgan fingerprint density at radius 3 is 1.60 bits per heavy atom. The predicted octanol–water partition coefficient (Wildman–Crippen LogP) is 0.855. The molecule has 0 aromatic rings. The number of halogens is 3. The molecule has 60 valence electrons. The fourth-order valence-corrected chi connectivity index (χ4v) is 0.365. The molecule has 10 heavy (non-hydrogen) atoms. The Balaban J connectivity index is 4.40. The van der Waals surface area contributed by atoms with Crippen LogP contribution in [0.3, 0.4) is 0 Å². The summed E-state index contributed by atoms with van der Waals surface area (Å²) in [7, 11) is 0. The standard InChI is InChI=1S/C5H8F3NO/c1-4(2,9)3(10)5(6,7)8/h9H2,1-2H3. The zero-order valence-electron chi connectivity index (χ0n) is 5.62. The SMILES string of the molecule is CC(C)(N)C(=O)C(F)(F)F. The molecule has 0 saturated heterocycles. The maximum absolute atomic E-state index is 11.5. The van der Waals surface area contributed by atoms with Gasteiger partial charge in [0.05, 0.1) is 5.54 Å². The van der Waals surface area contributed by atoms with Crippen LogP contribution in [0.15, 0.2) is 0 Å². The summed E-state index contributed by atoms with van der Waals surface area (Å²) in [6.07, 6.45) is -4.82. The van der Waals surface area contributed by atoms with Crippen molar-refractivity contribution >= 4 is 5.78 Å². The molecule has 0 unspecified atom stereocenters. The van der Waals surface area contributed by atoms with Gasteiger partial charge >= 0.3 is 6.18 Å². The molecule has 0 aliphatic rings. The molecule has 0 aliphatic heterocycles. The summed E-state index contributed by atoms with van der Waals surface area (Å²) in [6.45, 7) is 2.03. The van der Waals surface area contributed by atoms with Crippen molar-refractivity contribution in [1.82, 2.24) is 0 Å². The second-order valence-corrected chi connectivity index (χ2v) is 2.55. The number of hydrogen-bond acceptors (Lipinski definition) is 2. The van der Waals surface area contributed by atoms with Crippen molar-refractivity contribution in [3.05, 3.63) is 0 Å². The number of Topliss-reactive ketones (excluding diaryl/α,β-unsaturated/α-hetero) is 1. The Morgan fingerprint density at radius 1 is 1.30 bits per heavy atom. The fourth-order valence-electron chi connectivity index (χ4n) is 0.365. The van der Waals surface area contributed by atoms with Crippen molar-refractivity contribution in [3.63, 3.8) is 0 Å². The largest absolute Gasteiger partial charge is 0.451 e. The monoisotopic (exact) mass is 155 g/mol. The van der Waals surface area contributed by atoms with Gasteiger partial charge < -0.3 is 5.73 Å². The fraction of sp³-hybridized carbons (Fsp3) is 0.800. The molecule has 2 nitrogen and oxygen atoms in total. The third-order valence-corrected chi connectivity index (χ3v) is 0.843. The summed E-state index contributed by atoms with van der Waals surface area (Å²) in [4.78, 5) is 10.2. The van der Waals surface area contributed by atoms with E-state index in [0.29, 0.717) is 0 Å². The first kappa shape index (κ1) is 9.42. The van der Waals surface area contributed by atoms with Crippen molar-refractivity contribution < 1.29 is 18.0 Å². The van der Waals surface area contributed by atoms with Gasteiger partial charge in [0.1, 0.15) is 0 Å². The van der Waals surface area contributed by atoms with E-state index in [1.165, 1.54) is 0 Å². The van der Waals surface area contributed by atoms with Gasteiger partial charge in [0.15, 0.2) is 0 Å². The van der Waals surface area contributed by atoms with Crippen LogP contribution in [0.5, 0.6) is 0 Å². The molecule has 0 aliphatic carbocycles. The summed E-state index contributed by atoms with van der Waals surface area (Å²) >= 11 is 0. The quantitative estimate of drug-likeness (QED) is 0.610. The number of ketones is 1. The molecular formula is C5H8F3NO. The van der Waals surface area contributed by atoms with Gasteiger partial charge in [-0.3, -0.25) is 4.79 Å². The molecule has 0 aromatic carbocycles. The predicted molar refractivity (Wildman–Crippen MR) is 29.3 cm³/mol. The van der Waals surface area contributed by atoms with E-state index in [4.69, 9.17) is 5.73 Å². The van der Waals surface area contributed by atoms with E-state index < -0.39 is 17.5 Å². The number of carbonyl (C=O) groups excluding carboxylic acids is 1. The Kier molecular flexibility index (Phi) is 2.10. The first-order valence-electron chi connectivity index (χ1n) is 2.56. The van der Waals surface area contributed by atoms with Gasteiger partial charge in [-0.1, -0.05) is 0 Å². The summed E-state index contributed by atoms with van der Waals surface area (Å²) in [6, 6.07) is 0. The lowest BCUT2D eigenvalue weighted by Gasteiger charge is -2.17. The molecule has 0 aromatic heterocycles. The highest BCUT2D eigenvalue weighted by atomic mass is 19.4. The van der Waals surface area contributed by atoms with Gasteiger partial charge in [-0.05, 0) is 13.8 Å². The smallest absolute Gasteiger partial charge is 0.319 e. The molecule has 0 radical (unpaired) electrons. The average molecular weight is 155 g/mol. The first-order valence-corrected chi connectivity index (χ1v) is 2.56. The number of carbonyl (C=O) groups is 1. The maximum Gasteiger partial charge on any atom is 0.451 e. The van der Waals surface area contributed by atoms with Gasteiger partial charge in [0.2, 0.25) is 0 Å². The van der Waals surface area contributed by atoms with E-state index in [0.717, 1.165) is 13.8 Å². The maximum atomic E-state index is 11.5. The van der Waals surface area contributed by atoms with Gasteiger partial charge in [0.25, 0.3) is 5.78 Å². The van der Waals surface area contributed by atoms with Gasteiger partial charge in [-0.15, -0.1) is 0 Å². The molecular weight excluding hydrogens is 147 g/mol. The van der Waals surface area contributed by atoms with Gasteiger partial charge in [-0.25, -0.2) is 0 Å². The average Bonchev–Trinajstić information content (AvgIpc) is 1.59. The third-order valence-electron chi connectivity index (χ3n) is 0.843. The highest BCUT2D eigenvalue weighted by Crippen LogP contribution is 2.21. The van der Waals surface area contributed by atoms with Gasteiger partial charge in [0, 0.05) is 0 Å². The van der Waals surface area contributed by atoms with Crippen LogP contribution in [0, 0.1) is 0 Å². The number of hydrogen-bond donors (Lipinski definition) is 1. The molecule has 5 heteroatoms. The second-order valence-electron chi connectivity index (χ2n) is 2.55. The molecule has 0 atom stereocenters. The normalized spacial score (nSPS) is 13.4. The van der Waals surface area contributed by atoms with Crippen LogP contribution in [0.4, 0.5) is 13.2 Å². The van der Waals surface area contributed by atoms with E-state index in [9.17, 15) is 18.0 Å². The second kappa shape index (κ2) is 2.23. The topological polar surface area (TPSA) is 43.1 Å². The van der Waals surface area contributed by atoms with Gasteiger partial charge in [-0.2, -0.15) is 13.2 Å². The Bertz CT molecular complexity index is 128. The molecule has 0 amide bonds. The summed E-state index contributed by atoms with van der Waals surface area (Å²) in [5.41, 5.74) is 3.07. The van der Waals surface area contributed by atoms with Crippen LogP contribution < -0.4 is 5.73 Å². The van der Waals surface area contributed by atoms with E-state index >= 15 is 0 Å². The van der Waals surface area contributed by atoms with Crippen molar-refractivity contribution in [2.75, 3.05) is 0 Å². The third kappa shape index (κ3) is 2.34. The molecule has 0 bridgehead atoms. The van der Waals surface area contributed by atoms with Crippen LogP contribution in [-0.4, -0.2) is 17.5 Å². The highest BCUT2D eigenvalue weighted by molar-refractivity contribution is 5.92. The van der Waals surface area contributed by atoms with E-state index in [-0.39, 0.29) is 0 Å². The summed E-state index contributed by atoms with van der Waals surface area (Å²) in [5.74, 6) is -1.90. The lowest BCUT2D eigenvalue weighted by molar-refractivity contribution is -0.175. The van der Waals surface area contributed by atoms with Crippen LogP contribution in [0.2, 0.25) is 0 Å². The van der Waals surface area contributed by atoms with Crippen molar-refractivity contribution in [3.8, 4) is 0 Å². The Morgan fingerprint density at radius 2 is 1.60 bits per heavy atom. The number of alkyl halides is 3. The minimum absolute atomic E-state index is 1.02. The summed E-state index contributed by atoms with van der Waals surface area (Å²) < 4.78 is 34.5. The van der Waals surface area contributed by atoms with E-state index in [2.05, 4.69) is 0 Å². The van der Waals surface area contributed by atoms with E-state index in [1.807, 2.05) is 0 Å². The van der Waals surface area contributed by atoms with Crippen molar-refractivity contribution in [2.45, 2.75) is 25.6 Å². The highest BCUT2D eigenvalue weighted by Gasteiger charge is 2.45. The van der Waals surface area contributed by atoms with Crippen molar-refractivity contribution in [2.24, 2.45) is 5.73 Å². The molecule has 2 N–H and O–H groups in total. The van der Waals surface area contributed by atoms with Crippen LogP contribution in [0.1, 0.15) is 13.8 Å². The minimum atomic E-state index is -4.82. The lowest BCUT2D eigenvalue weighted by atomic mass is 10.0. The zero-order valence-corrected chi connectivity index (χ0v) is 5.62. The summed E-state index contributed by atoms with van der Waals surface area (Å²) in [5, 5.41) is 0. The Labute approximate surface area is 56.2 Å². The number of nitrogens with two attached hydrogens (primary N) is 1. The van der Waals surface area contributed by atoms with Crippen LogP contribution in [0.25, 0.3) is 0 Å². The molecule has 0 rings (SSSR count). The van der Waals surface area contributed by atoms with Crippen LogP contribution >= 0.6 is 0 Å². The van der Waals surface area contributed by atoms with Crippen molar-refractivity contribution in [1.29, 1.82) is 0 Å². The Hall–Kier alpha value is -0.580. The lowest BCUT2D eigenvalue weighted by Crippen LogP contribution is -2.48. The molecule has 0 spiro atoms. The number of rotatable bonds is 1. The zero-order chi connectivity index (χ0) is 8.58. The van der Waals surface area contributed by atoms with E-state index in [1.54, 1.807) is 0 Å². The molecule has 0 fully saturated rings. The molecule has 0 heterocycles. The van der Waals surface area contributed by atoms with Crippen LogP contribution in [-0.2, 0) is 4.79 Å². The minimum Gasteiger partial charge on any atom is -0.319 e.